The molecule has 0 saturated heterocycles. The van der Waals surface area contributed by atoms with Gasteiger partial charge in [-0.1, -0.05) is 78.1 Å². The molecule has 0 aromatic carbocycles. The molecule has 9 heteroatoms. The monoisotopic (exact) mass is 621 g/mol. The molecule has 0 aliphatic heterocycles. The lowest BCUT2D eigenvalue weighted by atomic mass is 9.89. The fourth-order valence-corrected chi connectivity index (χ4v) is 5.56. The largest absolute Gasteiger partial charge is 0.384 e. The highest BCUT2D eigenvalue weighted by Crippen LogP contribution is 2.27. The summed E-state index contributed by atoms with van der Waals surface area (Å²) in [4.78, 5) is 23.1. The number of nitrogens with two attached hydrogens (primary N) is 1. The van der Waals surface area contributed by atoms with Crippen LogP contribution in [-0.4, -0.2) is 50.1 Å². The summed E-state index contributed by atoms with van der Waals surface area (Å²) < 4.78 is 14.7. The van der Waals surface area contributed by atoms with Gasteiger partial charge in [0.1, 0.15) is 40.9 Å². The van der Waals surface area contributed by atoms with Gasteiger partial charge in [-0.3, -0.25) is 4.79 Å². The Labute approximate surface area is 269 Å². The standard InChI is InChI=1S/C36H55N5O4/c1-8-41-32(37)30(31(42)29-19-18-28(39-33(29)41)20-22-36(6,43)25-44-7)34-38-27(2)24-40(34)26-45-23-17-15-13-11-9-10-12-14-16-21-35(3,4)5/h18-19,24,43H,8-17,21,23,25-26,37H2,1-7H3/t36-/m1/s1. The molecule has 3 aromatic rings. The summed E-state index contributed by atoms with van der Waals surface area (Å²) in [6.07, 6.45) is 14.6. The minimum Gasteiger partial charge on any atom is -0.384 e. The van der Waals surface area contributed by atoms with Crippen LogP contribution in [0.1, 0.15) is 110 Å². The molecule has 0 saturated carbocycles. The van der Waals surface area contributed by atoms with Crippen LogP contribution >= 0.6 is 0 Å². The molecule has 45 heavy (non-hydrogen) atoms. The smallest absolute Gasteiger partial charge is 0.204 e. The molecule has 0 fully saturated rings. The van der Waals surface area contributed by atoms with Crippen LogP contribution in [0.3, 0.4) is 0 Å². The van der Waals surface area contributed by atoms with Crippen molar-refractivity contribution in [2.24, 2.45) is 5.41 Å². The first-order valence-corrected chi connectivity index (χ1v) is 16.6. The summed E-state index contributed by atoms with van der Waals surface area (Å²) in [5.74, 6) is 6.45. The number of fused-ring (bicyclic) bond motifs is 1. The number of methoxy groups -OCH3 is 1. The Morgan fingerprint density at radius 1 is 0.978 bits per heavy atom. The number of anilines is 1. The van der Waals surface area contributed by atoms with E-state index in [1.54, 1.807) is 23.6 Å². The molecule has 3 N–H and O–H groups in total. The zero-order chi connectivity index (χ0) is 33.0. The third-order valence-corrected chi connectivity index (χ3v) is 7.92. The molecule has 0 amide bonds. The van der Waals surface area contributed by atoms with Crippen LogP contribution in [0.4, 0.5) is 5.82 Å². The molecular formula is C36H55N5O4. The molecule has 3 aromatic heterocycles. The summed E-state index contributed by atoms with van der Waals surface area (Å²) >= 11 is 0. The van der Waals surface area contributed by atoms with Gasteiger partial charge in [-0.15, -0.1) is 0 Å². The molecule has 0 radical (unpaired) electrons. The van der Waals surface area contributed by atoms with Crippen LogP contribution < -0.4 is 11.2 Å². The van der Waals surface area contributed by atoms with Crippen molar-refractivity contribution in [3.05, 3.63) is 39.9 Å². The highest BCUT2D eigenvalue weighted by atomic mass is 16.5. The predicted octanol–water partition coefficient (Wildman–Crippen LogP) is 6.84. The summed E-state index contributed by atoms with van der Waals surface area (Å²) in [6.45, 7) is 13.9. The molecule has 0 unspecified atom stereocenters. The Kier molecular flexibility index (Phi) is 13.6. The van der Waals surface area contributed by atoms with Crippen molar-refractivity contribution in [3.63, 3.8) is 0 Å². The molecule has 0 aliphatic carbocycles. The fraction of sp³-hybridized carbons (Fsp3) is 0.639. The van der Waals surface area contributed by atoms with Gasteiger partial charge in [-0.05, 0) is 57.1 Å². The van der Waals surface area contributed by atoms with Gasteiger partial charge in [-0.25, -0.2) is 9.97 Å². The van der Waals surface area contributed by atoms with E-state index in [2.05, 4.69) is 42.6 Å². The number of aryl methyl sites for hydroxylation is 2. The Bertz CT molecular complexity index is 1500. The normalized spacial score (nSPS) is 13.2. The van der Waals surface area contributed by atoms with Crippen LogP contribution in [0.2, 0.25) is 0 Å². The van der Waals surface area contributed by atoms with Crippen molar-refractivity contribution in [2.45, 2.75) is 125 Å². The number of imidazole rings is 1. The highest BCUT2D eigenvalue weighted by Gasteiger charge is 2.22. The van der Waals surface area contributed by atoms with Crippen molar-refractivity contribution < 1.29 is 14.6 Å². The zero-order valence-electron chi connectivity index (χ0n) is 28.7. The number of ether oxygens (including phenoxy) is 2. The Morgan fingerprint density at radius 3 is 2.24 bits per heavy atom. The maximum absolute atomic E-state index is 13.8. The molecule has 3 heterocycles. The van der Waals surface area contributed by atoms with E-state index in [0.717, 1.165) is 18.5 Å². The number of hydrogen-bond acceptors (Lipinski definition) is 7. The van der Waals surface area contributed by atoms with Gasteiger partial charge in [0.15, 0.2) is 0 Å². The Hall–Kier alpha value is -3.19. The fourth-order valence-electron chi connectivity index (χ4n) is 5.56. The number of pyridine rings is 2. The second kappa shape index (κ2) is 16.9. The number of nitrogen functional groups attached to an aromatic ring is 1. The van der Waals surface area contributed by atoms with E-state index in [1.165, 1.54) is 58.5 Å². The van der Waals surface area contributed by atoms with Crippen LogP contribution in [-0.2, 0) is 22.7 Å². The highest BCUT2D eigenvalue weighted by molar-refractivity contribution is 5.86. The first-order valence-electron chi connectivity index (χ1n) is 16.6. The van der Waals surface area contributed by atoms with Gasteiger partial charge < -0.3 is 29.4 Å². The van der Waals surface area contributed by atoms with Gasteiger partial charge in [0.05, 0.1) is 17.7 Å². The lowest BCUT2D eigenvalue weighted by Gasteiger charge is -2.17. The second-order valence-electron chi connectivity index (χ2n) is 13.6. The van der Waals surface area contributed by atoms with Crippen molar-refractivity contribution in [2.75, 3.05) is 26.1 Å². The van der Waals surface area contributed by atoms with E-state index >= 15 is 0 Å². The van der Waals surface area contributed by atoms with Crippen molar-refractivity contribution >= 4 is 16.9 Å². The third kappa shape index (κ3) is 11.0. The Balaban J connectivity index is 1.61. The number of aliphatic hydroxyl groups is 1. The average Bonchev–Trinajstić information content (AvgIpc) is 3.33. The van der Waals surface area contributed by atoms with Gasteiger partial charge in [0, 0.05) is 26.5 Å². The van der Waals surface area contributed by atoms with E-state index in [0.29, 0.717) is 59.2 Å². The van der Waals surface area contributed by atoms with E-state index in [-0.39, 0.29) is 12.0 Å². The van der Waals surface area contributed by atoms with E-state index in [1.807, 2.05) is 24.6 Å². The van der Waals surface area contributed by atoms with E-state index in [4.69, 9.17) is 15.2 Å². The number of nitrogens with zero attached hydrogens (tertiary/aromatic N) is 4. The predicted molar refractivity (Wildman–Crippen MR) is 183 cm³/mol. The molecule has 3 rings (SSSR count). The maximum atomic E-state index is 13.8. The second-order valence-corrected chi connectivity index (χ2v) is 13.6. The third-order valence-electron chi connectivity index (χ3n) is 7.92. The number of rotatable bonds is 17. The summed E-state index contributed by atoms with van der Waals surface area (Å²) in [6, 6.07) is 3.38. The number of hydrogen-bond donors (Lipinski definition) is 2. The summed E-state index contributed by atoms with van der Waals surface area (Å²) in [7, 11) is 1.50. The Morgan fingerprint density at radius 2 is 1.62 bits per heavy atom. The minimum absolute atomic E-state index is 0.0671. The minimum atomic E-state index is -1.32. The first kappa shape index (κ1) is 36.3. The molecular weight excluding hydrogens is 566 g/mol. The van der Waals surface area contributed by atoms with Gasteiger partial charge in [-0.2, -0.15) is 0 Å². The van der Waals surface area contributed by atoms with Gasteiger partial charge >= 0.3 is 0 Å². The number of aromatic nitrogens is 4. The zero-order valence-corrected chi connectivity index (χ0v) is 28.7. The van der Waals surface area contributed by atoms with E-state index in [9.17, 15) is 9.90 Å². The van der Waals surface area contributed by atoms with Crippen LogP contribution in [0, 0.1) is 24.2 Å². The van der Waals surface area contributed by atoms with Crippen LogP contribution in [0.25, 0.3) is 22.4 Å². The summed E-state index contributed by atoms with van der Waals surface area (Å²) in [5.41, 5.74) is 7.49. The maximum Gasteiger partial charge on any atom is 0.204 e. The molecule has 1 atom stereocenters. The molecule has 0 aliphatic rings. The van der Waals surface area contributed by atoms with Crippen molar-refractivity contribution in [1.29, 1.82) is 0 Å². The first-order chi connectivity index (χ1) is 21.4. The lowest BCUT2D eigenvalue weighted by molar-refractivity contribution is 0.0274. The topological polar surface area (TPSA) is 117 Å². The molecule has 9 nitrogen and oxygen atoms in total. The van der Waals surface area contributed by atoms with Crippen LogP contribution in [0.15, 0.2) is 23.1 Å². The average molecular weight is 622 g/mol. The van der Waals surface area contributed by atoms with Crippen molar-refractivity contribution in [3.8, 4) is 23.2 Å². The SMILES string of the molecule is CCn1c(N)c(-c2nc(C)cn2COCCCCCCCCCCCC(C)(C)C)c(=O)c2ccc(C#C[C@@](C)(O)COC)nc21. The lowest BCUT2D eigenvalue weighted by Crippen LogP contribution is -2.27. The quantitative estimate of drug-likeness (QED) is 0.125. The molecule has 0 spiro atoms. The summed E-state index contributed by atoms with van der Waals surface area (Å²) in [5, 5.41) is 10.8. The van der Waals surface area contributed by atoms with Gasteiger partial charge in [0.25, 0.3) is 0 Å². The van der Waals surface area contributed by atoms with E-state index < -0.39 is 5.60 Å². The molecule has 248 valence electrons. The van der Waals surface area contributed by atoms with Gasteiger partial charge in [0.2, 0.25) is 5.43 Å². The van der Waals surface area contributed by atoms with Crippen LogP contribution in [0.5, 0.6) is 0 Å². The number of unbranched alkanes of at least 4 members (excludes halogenated alkanes) is 8. The molecule has 0 bridgehead atoms. The van der Waals surface area contributed by atoms with Crippen molar-refractivity contribution in [1.82, 2.24) is 19.1 Å².